The van der Waals surface area contributed by atoms with Crippen molar-refractivity contribution in [2.75, 3.05) is 5.32 Å². The van der Waals surface area contributed by atoms with E-state index in [0.29, 0.717) is 34.7 Å². The fraction of sp³-hybridized carbons (Fsp3) is 0.308. The molecule has 2 N–H and O–H groups in total. The van der Waals surface area contributed by atoms with Crippen LogP contribution in [-0.2, 0) is 16.6 Å². The van der Waals surface area contributed by atoms with Gasteiger partial charge < -0.3 is 9.84 Å². The molecule has 0 radical (unpaired) electrons. The fourth-order valence-electron chi connectivity index (χ4n) is 4.18. The third-order valence-corrected chi connectivity index (χ3v) is 9.40. The summed E-state index contributed by atoms with van der Waals surface area (Å²) in [5, 5.41) is 26.2. The van der Waals surface area contributed by atoms with Crippen LogP contribution < -0.4 is 5.32 Å². The minimum atomic E-state index is -0.790. The predicted octanol–water partition coefficient (Wildman–Crippen LogP) is 4.84. The molecule has 5 rings (SSSR count). The highest BCUT2D eigenvalue weighted by Crippen LogP contribution is 2.62. The Morgan fingerprint density at radius 3 is 2.69 bits per heavy atom. The number of carboxylic acids is 1. The lowest BCUT2D eigenvalue weighted by atomic mass is 10.0. The summed E-state index contributed by atoms with van der Waals surface area (Å²) in [6.45, 7) is 1.79. The van der Waals surface area contributed by atoms with Gasteiger partial charge in [-0.25, -0.2) is 4.79 Å². The average molecular weight is 519 g/mol. The topological polar surface area (TPSA) is 117 Å². The van der Waals surface area contributed by atoms with E-state index in [9.17, 15) is 20.0 Å². The summed E-state index contributed by atoms with van der Waals surface area (Å²) in [5.74, 6) is 5.72. The third-order valence-electron chi connectivity index (χ3n) is 6.43. The van der Waals surface area contributed by atoms with Crippen molar-refractivity contribution >= 4 is 41.4 Å². The van der Waals surface area contributed by atoms with Crippen LogP contribution in [0.4, 0.5) is 10.6 Å². The summed E-state index contributed by atoms with van der Waals surface area (Å²) in [5.41, 5.74) is 1.18. The number of carbonyl (C=O) groups is 2. The molecular weight excluding hydrogens is 496 g/mol. The van der Waals surface area contributed by atoms with Crippen molar-refractivity contribution in [1.29, 1.82) is 5.26 Å². The van der Waals surface area contributed by atoms with E-state index >= 15 is 0 Å². The Labute approximate surface area is 216 Å². The van der Waals surface area contributed by atoms with Gasteiger partial charge in [-0.15, -0.1) is 23.5 Å². The molecule has 1 saturated carbocycles. The van der Waals surface area contributed by atoms with E-state index in [1.54, 1.807) is 20.2 Å². The number of anilines is 1. The number of aromatic nitrogens is 2. The molecule has 3 unspecified atom stereocenters. The van der Waals surface area contributed by atoms with Gasteiger partial charge in [-0.05, 0) is 25.3 Å². The maximum Gasteiger partial charge on any atom is 0.413 e. The maximum absolute atomic E-state index is 12.5. The maximum atomic E-state index is 12.5. The van der Waals surface area contributed by atoms with Crippen molar-refractivity contribution < 1.29 is 19.4 Å². The molecule has 1 aliphatic carbocycles. The van der Waals surface area contributed by atoms with Crippen LogP contribution in [0.25, 0.3) is 0 Å². The summed E-state index contributed by atoms with van der Waals surface area (Å²) >= 11 is 2.96. The molecule has 3 heterocycles. The molecule has 1 aromatic heterocycles. The van der Waals surface area contributed by atoms with Crippen LogP contribution >= 0.6 is 23.5 Å². The van der Waals surface area contributed by atoms with E-state index in [1.807, 2.05) is 36.4 Å². The number of ether oxygens (including phenoxy) is 1. The number of hydrogen-bond donors (Lipinski definition) is 2. The normalized spacial score (nSPS) is 22.0. The minimum absolute atomic E-state index is 0.0123. The lowest BCUT2D eigenvalue weighted by Crippen LogP contribution is -2.18. The number of nitrogens with one attached hydrogen (secondary N) is 1. The summed E-state index contributed by atoms with van der Waals surface area (Å²) < 4.78 is 7.00. The van der Waals surface area contributed by atoms with Gasteiger partial charge in [-0.1, -0.05) is 48.2 Å². The quantitative estimate of drug-likeness (QED) is 0.540. The molecule has 36 heavy (non-hydrogen) atoms. The number of carbonyl (C=O) groups excluding carboxylic acids is 1. The minimum Gasteiger partial charge on any atom is -0.481 e. The van der Waals surface area contributed by atoms with Crippen molar-refractivity contribution in [3.05, 3.63) is 69.1 Å². The SMILES string of the molecule is CC(OC(=O)Nc1c(C#CC2=C(C#N)C3SC(C4(C(=O)O)CC4)=CC3S2)cnn1C)c1ccccc1. The average Bonchev–Trinajstić information content (AvgIpc) is 3.33. The first-order valence-electron chi connectivity index (χ1n) is 11.3. The van der Waals surface area contributed by atoms with E-state index < -0.39 is 23.6 Å². The highest BCUT2D eigenvalue weighted by Gasteiger charge is 2.57. The highest BCUT2D eigenvalue weighted by atomic mass is 32.2. The molecule has 2 aromatic rings. The molecule has 0 spiro atoms. The Morgan fingerprint density at radius 1 is 1.28 bits per heavy atom. The van der Waals surface area contributed by atoms with Crippen molar-refractivity contribution in [1.82, 2.24) is 9.78 Å². The van der Waals surface area contributed by atoms with Crippen LogP contribution in [0.3, 0.4) is 0 Å². The van der Waals surface area contributed by atoms with Gasteiger partial charge in [0, 0.05) is 17.2 Å². The number of thioether (sulfide) groups is 2. The number of hydrogen-bond acceptors (Lipinski definition) is 7. The summed E-state index contributed by atoms with van der Waals surface area (Å²) in [6.07, 6.45) is 3.78. The van der Waals surface area contributed by atoms with Gasteiger partial charge in [0.1, 0.15) is 11.9 Å². The Bertz CT molecular complexity index is 1410. The molecule has 1 aromatic carbocycles. The second-order valence-electron chi connectivity index (χ2n) is 8.76. The van der Waals surface area contributed by atoms with E-state index in [4.69, 9.17) is 4.74 Å². The molecule has 10 heteroatoms. The number of fused-ring (bicyclic) bond motifs is 1. The molecule has 2 aliphatic heterocycles. The number of aliphatic carboxylic acids is 1. The monoisotopic (exact) mass is 518 g/mol. The molecule has 0 saturated heterocycles. The summed E-state index contributed by atoms with van der Waals surface area (Å²) in [7, 11) is 1.69. The van der Waals surface area contributed by atoms with Crippen LogP contribution in [0.2, 0.25) is 0 Å². The lowest BCUT2D eigenvalue weighted by molar-refractivity contribution is -0.141. The van der Waals surface area contributed by atoms with Crippen molar-refractivity contribution in [3.63, 3.8) is 0 Å². The fourth-order valence-corrected chi connectivity index (χ4v) is 7.34. The number of rotatable bonds is 5. The zero-order valence-electron chi connectivity index (χ0n) is 19.5. The zero-order valence-corrected chi connectivity index (χ0v) is 21.2. The van der Waals surface area contributed by atoms with Gasteiger partial charge >= 0.3 is 12.1 Å². The van der Waals surface area contributed by atoms with Gasteiger partial charge in [-0.3, -0.25) is 14.8 Å². The Kier molecular flexibility index (Phi) is 6.33. The number of aryl methyl sites for hydroxylation is 1. The van der Waals surface area contributed by atoms with Gasteiger partial charge in [0.15, 0.2) is 0 Å². The number of benzene rings is 1. The first kappa shape index (κ1) is 24.1. The molecule has 0 bridgehead atoms. The lowest BCUT2D eigenvalue weighted by Gasteiger charge is -2.14. The van der Waals surface area contributed by atoms with Gasteiger partial charge in [-0.2, -0.15) is 10.4 Å². The van der Waals surface area contributed by atoms with Crippen LogP contribution in [0, 0.1) is 28.6 Å². The van der Waals surface area contributed by atoms with Crippen molar-refractivity contribution in [3.8, 4) is 17.9 Å². The number of carboxylic acid groups (broad SMARTS) is 1. The third kappa shape index (κ3) is 4.39. The molecule has 3 aliphatic rings. The molecule has 1 fully saturated rings. The Balaban J connectivity index is 1.30. The van der Waals surface area contributed by atoms with Crippen LogP contribution in [0.1, 0.15) is 37.0 Å². The zero-order chi connectivity index (χ0) is 25.4. The number of amides is 1. The second kappa shape index (κ2) is 9.45. The summed E-state index contributed by atoms with van der Waals surface area (Å²) in [6, 6.07) is 11.7. The molecule has 182 valence electrons. The predicted molar refractivity (Wildman–Crippen MR) is 138 cm³/mol. The van der Waals surface area contributed by atoms with Crippen molar-refractivity contribution in [2.24, 2.45) is 12.5 Å². The largest absolute Gasteiger partial charge is 0.481 e. The Morgan fingerprint density at radius 2 is 2.03 bits per heavy atom. The van der Waals surface area contributed by atoms with Crippen molar-refractivity contribution in [2.45, 2.75) is 36.4 Å². The van der Waals surface area contributed by atoms with Gasteiger partial charge in [0.05, 0.1) is 39.0 Å². The molecule has 3 atom stereocenters. The molecule has 1 amide bonds. The summed E-state index contributed by atoms with van der Waals surface area (Å²) in [4.78, 5) is 25.7. The second-order valence-corrected chi connectivity index (χ2v) is 11.1. The van der Waals surface area contributed by atoms with Crippen LogP contribution in [0.15, 0.2) is 58.0 Å². The first-order valence-corrected chi connectivity index (χ1v) is 13.1. The molecular formula is C26H22N4O4S2. The van der Waals surface area contributed by atoms with Gasteiger partial charge in [0.2, 0.25) is 0 Å². The van der Waals surface area contributed by atoms with Gasteiger partial charge in [0.25, 0.3) is 0 Å². The van der Waals surface area contributed by atoms with E-state index in [2.05, 4.69) is 28.3 Å². The number of nitrogens with zero attached hydrogens (tertiary/aromatic N) is 3. The molecule has 8 nitrogen and oxygen atoms in total. The Hall–Kier alpha value is -3.60. The highest BCUT2D eigenvalue weighted by molar-refractivity contribution is 8.09. The van der Waals surface area contributed by atoms with E-state index in [0.717, 1.165) is 10.5 Å². The van der Waals surface area contributed by atoms with E-state index in [1.165, 1.54) is 28.2 Å². The standard InChI is InChI=1S/C26H22N4O4S2/c1-15(16-6-4-3-5-7-16)34-25(33)29-23-17(14-28-30(23)2)8-9-19-18(13-27)22-20(35-19)12-21(36-22)26(10-11-26)24(31)32/h3-7,12,14-15,20,22H,10-11H2,1-2H3,(H,29,33)(H,31,32). The van der Waals surface area contributed by atoms with Crippen LogP contribution in [0.5, 0.6) is 0 Å². The number of nitriles is 1. The number of allylic oxidation sites excluding steroid dienone is 1. The van der Waals surface area contributed by atoms with E-state index in [-0.39, 0.29) is 10.5 Å². The van der Waals surface area contributed by atoms with Crippen LogP contribution in [-0.4, -0.2) is 37.4 Å². The first-order chi connectivity index (χ1) is 17.3. The smallest absolute Gasteiger partial charge is 0.413 e.